The maximum atomic E-state index is 11.9. The molecule has 192 valence electrons. The lowest BCUT2D eigenvalue weighted by Gasteiger charge is -2.09. The number of phenolic OH excluding ortho intramolecular Hbond substituents is 1. The summed E-state index contributed by atoms with van der Waals surface area (Å²) in [4.78, 5) is 11.9. The average Bonchev–Trinajstić information content (AvgIpc) is 2.85. The topological polar surface area (TPSA) is 65.0 Å². The Morgan fingerprint density at radius 1 is 0.794 bits per heavy atom. The molecule has 34 heavy (non-hydrogen) atoms. The Morgan fingerprint density at radius 3 is 1.82 bits per heavy atom. The molecule has 0 atom stereocenters. The van der Waals surface area contributed by atoms with Crippen LogP contribution in [0, 0.1) is 0 Å². The fourth-order valence-corrected chi connectivity index (χ4v) is 3.74. The summed E-state index contributed by atoms with van der Waals surface area (Å²) in [5.74, 6) is 0.136. The van der Waals surface area contributed by atoms with Crippen LogP contribution in [-0.4, -0.2) is 31.9 Å². The van der Waals surface area contributed by atoms with E-state index in [4.69, 9.17) is 14.2 Å². The first kappa shape index (κ1) is 29.6. The van der Waals surface area contributed by atoms with E-state index < -0.39 is 0 Å². The van der Waals surface area contributed by atoms with Gasteiger partial charge in [0.25, 0.3) is 0 Å². The third-order valence-corrected chi connectivity index (χ3v) is 5.81. The van der Waals surface area contributed by atoms with Crippen LogP contribution in [0.25, 0.3) is 6.08 Å². The number of hydrogen-bond donors (Lipinski definition) is 1. The molecule has 0 saturated carbocycles. The van der Waals surface area contributed by atoms with Crippen molar-refractivity contribution in [3.05, 3.63) is 35.9 Å². The van der Waals surface area contributed by atoms with E-state index >= 15 is 0 Å². The van der Waals surface area contributed by atoms with Crippen LogP contribution < -0.4 is 9.47 Å². The molecular formula is C29H46O5. The summed E-state index contributed by atoms with van der Waals surface area (Å²) in [6.45, 7) is 2.70. The lowest BCUT2D eigenvalue weighted by molar-refractivity contribution is -0.137. The molecule has 0 aromatic heterocycles. The second-order valence-electron chi connectivity index (χ2n) is 8.71. The van der Waals surface area contributed by atoms with E-state index in [1.54, 1.807) is 18.2 Å². The minimum Gasteiger partial charge on any atom is -0.502 e. The van der Waals surface area contributed by atoms with Crippen molar-refractivity contribution in [2.75, 3.05) is 20.8 Å². The van der Waals surface area contributed by atoms with Gasteiger partial charge in [-0.25, -0.2) is 4.79 Å². The molecule has 0 amide bonds. The van der Waals surface area contributed by atoms with Gasteiger partial charge in [-0.05, 0) is 55.9 Å². The van der Waals surface area contributed by atoms with E-state index in [2.05, 4.69) is 19.1 Å². The smallest absolute Gasteiger partial charge is 0.330 e. The average molecular weight is 475 g/mol. The van der Waals surface area contributed by atoms with Crippen molar-refractivity contribution < 1.29 is 24.1 Å². The van der Waals surface area contributed by atoms with Gasteiger partial charge in [-0.1, -0.05) is 76.9 Å². The monoisotopic (exact) mass is 474 g/mol. The zero-order valence-corrected chi connectivity index (χ0v) is 21.7. The standard InChI is InChI=1S/C29H46O5/c1-4-5-6-7-8-9-10-11-12-13-14-15-16-17-18-19-22-34-28(30)21-20-25-23-26(32-2)29(31)27(24-25)33-3/h11-12,20-21,23-24,31H,4-10,13-19,22H2,1-3H3/b12-11-,21-20+. The SMILES string of the molecule is CCCCCCCC/C=C\CCCCCCCCOC(=O)/C=C/c1cc(OC)c(O)c(OC)c1. The minimum atomic E-state index is -0.376. The first-order valence-electron chi connectivity index (χ1n) is 13.1. The summed E-state index contributed by atoms with van der Waals surface area (Å²) >= 11 is 0. The molecular weight excluding hydrogens is 428 g/mol. The number of unbranched alkanes of at least 4 members (excludes halogenated alkanes) is 12. The number of aromatic hydroxyl groups is 1. The molecule has 0 aliphatic carbocycles. The Morgan fingerprint density at radius 2 is 1.29 bits per heavy atom. The molecule has 1 rings (SSSR count). The van der Waals surface area contributed by atoms with Gasteiger partial charge >= 0.3 is 5.97 Å². The molecule has 1 aromatic rings. The van der Waals surface area contributed by atoms with Crippen LogP contribution in [0.15, 0.2) is 30.4 Å². The molecule has 0 bridgehead atoms. The first-order valence-corrected chi connectivity index (χ1v) is 13.1. The van der Waals surface area contributed by atoms with Gasteiger partial charge in [0, 0.05) is 6.08 Å². The first-order chi connectivity index (χ1) is 16.6. The van der Waals surface area contributed by atoms with Crippen molar-refractivity contribution in [3.8, 4) is 17.2 Å². The number of ether oxygens (including phenoxy) is 3. The summed E-state index contributed by atoms with van der Waals surface area (Å²) < 4.78 is 15.5. The number of allylic oxidation sites excluding steroid dienone is 2. The van der Waals surface area contributed by atoms with Gasteiger partial charge in [-0.2, -0.15) is 0 Å². The van der Waals surface area contributed by atoms with E-state index in [0.717, 1.165) is 12.8 Å². The van der Waals surface area contributed by atoms with Crippen LogP contribution in [0.2, 0.25) is 0 Å². The summed E-state index contributed by atoms with van der Waals surface area (Å²) in [6, 6.07) is 3.26. The Labute approximate surface area is 207 Å². The largest absolute Gasteiger partial charge is 0.502 e. The summed E-state index contributed by atoms with van der Waals surface area (Å²) in [5, 5.41) is 9.94. The maximum Gasteiger partial charge on any atom is 0.330 e. The van der Waals surface area contributed by atoms with Crippen LogP contribution in [0.3, 0.4) is 0 Å². The second kappa shape index (κ2) is 20.0. The number of carbonyl (C=O) groups is 1. The van der Waals surface area contributed by atoms with Crippen molar-refractivity contribution in [2.24, 2.45) is 0 Å². The Bertz CT molecular complexity index is 698. The molecule has 5 heteroatoms. The molecule has 0 aliphatic heterocycles. The van der Waals surface area contributed by atoms with Crippen molar-refractivity contribution >= 4 is 12.0 Å². The third kappa shape index (κ3) is 14.0. The molecule has 5 nitrogen and oxygen atoms in total. The van der Waals surface area contributed by atoms with Crippen LogP contribution in [0.4, 0.5) is 0 Å². The van der Waals surface area contributed by atoms with Crippen LogP contribution in [-0.2, 0) is 9.53 Å². The highest BCUT2D eigenvalue weighted by molar-refractivity contribution is 5.87. The Balaban J connectivity index is 2.02. The quantitative estimate of drug-likeness (QED) is 0.0897. The van der Waals surface area contributed by atoms with E-state index in [1.165, 1.54) is 97.3 Å². The molecule has 0 aliphatic rings. The molecule has 0 unspecified atom stereocenters. The number of phenols is 1. The number of esters is 1. The lowest BCUT2D eigenvalue weighted by Crippen LogP contribution is -2.02. The van der Waals surface area contributed by atoms with Gasteiger partial charge in [-0.15, -0.1) is 0 Å². The summed E-state index contributed by atoms with van der Waals surface area (Å²) in [5.41, 5.74) is 0.681. The zero-order chi connectivity index (χ0) is 24.9. The fourth-order valence-electron chi connectivity index (χ4n) is 3.74. The zero-order valence-electron chi connectivity index (χ0n) is 21.7. The van der Waals surface area contributed by atoms with E-state index in [0.29, 0.717) is 12.2 Å². The second-order valence-corrected chi connectivity index (χ2v) is 8.71. The number of rotatable bonds is 20. The van der Waals surface area contributed by atoms with Crippen LogP contribution >= 0.6 is 0 Å². The van der Waals surface area contributed by atoms with Crippen LogP contribution in [0.5, 0.6) is 17.2 Å². The lowest BCUT2D eigenvalue weighted by atomic mass is 10.1. The van der Waals surface area contributed by atoms with E-state index in [-0.39, 0.29) is 23.2 Å². The molecule has 0 heterocycles. The minimum absolute atomic E-state index is 0.0651. The summed E-state index contributed by atoms with van der Waals surface area (Å²) in [7, 11) is 2.93. The van der Waals surface area contributed by atoms with Gasteiger partial charge in [0.15, 0.2) is 11.5 Å². The molecule has 0 saturated heterocycles. The van der Waals surface area contributed by atoms with Crippen molar-refractivity contribution in [2.45, 2.75) is 96.8 Å². The van der Waals surface area contributed by atoms with E-state index in [1.807, 2.05) is 0 Å². The summed E-state index contributed by atoms with van der Waals surface area (Å²) in [6.07, 6.45) is 25.3. The van der Waals surface area contributed by atoms with Gasteiger partial charge < -0.3 is 19.3 Å². The highest BCUT2D eigenvalue weighted by Gasteiger charge is 2.10. The Kier molecular flexibility index (Phi) is 17.4. The fraction of sp³-hybridized carbons (Fsp3) is 0.621. The van der Waals surface area contributed by atoms with Gasteiger partial charge in [-0.3, -0.25) is 0 Å². The maximum absolute atomic E-state index is 11.9. The predicted octanol–water partition coefficient (Wildman–Crippen LogP) is 8.00. The highest BCUT2D eigenvalue weighted by Crippen LogP contribution is 2.37. The van der Waals surface area contributed by atoms with Gasteiger partial charge in [0.05, 0.1) is 20.8 Å². The van der Waals surface area contributed by atoms with Gasteiger partial charge in [0.2, 0.25) is 5.75 Å². The third-order valence-electron chi connectivity index (χ3n) is 5.81. The van der Waals surface area contributed by atoms with Gasteiger partial charge in [0.1, 0.15) is 0 Å². The number of carbonyl (C=O) groups excluding carboxylic acids is 1. The molecule has 1 N–H and O–H groups in total. The van der Waals surface area contributed by atoms with Crippen molar-refractivity contribution in [1.82, 2.24) is 0 Å². The normalized spacial score (nSPS) is 11.4. The number of methoxy groups -OCH3 is 2. The number of benzene rings is 1. The van der Waals surface area contributed by atoms with E-state index in [9.17, 15) is 9.90 Å². The van der Waals surface area contributed by atoms with Crippen LogP contribution in [0.1, 0.15) is 102 Å². The molecule has 0 radical (unpaired) electrons. The predicted molar refractivity (Wildman–Crippen MR) is 141 cm³/mol. The molecule has 0 fully saturated rings. The highest BCUT2D eigenvalue weighted by atomic mass is 16.5. The molecule has 0 spiro atoms. The van der Waals surface area contributed by atoms with Crippen molar-refractivity contribution in [1.29, 1.82) is 0 Å². The molecule has 1 aromatic carbocycles. The van der Waals surface area contributed by atoms with Crippen molar-refractivity contribution in [3.63, 3.8) is 0 Å². The number of hydrogen-bond acceptors (Lipinski definition) is 5. The Hall–Kier alpha value is -2.43.